The summed E-state index contributed by atoms with van der Waals surface area (Å²) < 4.78 is 11.6. The number of amides is 1. The Hall–Kier alpha value is -1.55. The van der Waals surface area contributed by atoms with E-state index < -0.39 is 0 Å². The summed E-state index contributed by atoms with van der Waals surface area (Å²) in [5, 5.41) is 6.79. The van der Waals surface area contributed by atoms with Crippen molar-refractivity contribution in [3.63, 3.8) is 0 Å². The predicted molar refractivity (Wildman–Crippen MR) is 139 cm³/mol. The molecular formula is C24H39IN4O3. The molecule has 0 bridgehead atoms. The summed E-state index contributed by atoms with van der Waals surface area (Å²) in [5.41, 5.74) is 1.93. The van der Waals surface area contributed by atoms with E-state index in [0.29, 0.717) is 31.6 Å². The summed E-state index contributed by atoms with van der Waals surface area (Å²) in [5.74, 6) is 2.28. The zero-order valence-electron chi connectivity index (χ0n) is 19.9. The normalized spacial score (nSPS) is 19.9. The van der Waals surface area contributed by atoms with Crippen LogP contribution in [0.2, 0.25) is 0 Å². The maximum absolute atomic E-state index is 12.8. The van der Waals surface area contributed by atoms with E-state index in [1.54, 1.807) is 11.9 Å². The molecule has 3 rings (SSSR count). The number of carbonyl (C=O) groups excluding carboxylic acids is 1. The Bertz CT molecular complexity index is 773. The van der Waals surface area contributed by atoms with Crippen LogP contribution in [-0.4, -0.2) is 64.3 Å². The number of nitrogens with one attached hydrogen (secondary N) is 2. The van der Waals surface area contributed by atoms with E-state index in [1.165, 1.54) is 5.56 Å². The van der Waals surface area contributed by atoms with Crippen LogP contribution < -0.4 is 15.4 Å². The van der Waals surface area contributed by atoms with Crippen molar-refractivity contribution in [2.24, 2.45) is 16.3 Å². The molecular weight excluding hydrogens is 519 g/mol. The Kier molecular flexibility index (Phi) is 10.5. The van der Waals surface area contributed by atoms with Crippen molar-refractivity contribution < 1.29 is 14.3 Å². The summed E-state index contributed by atoms with van der Waals surface area (Å²) in [4.78, 5) is 18.9. The highest BCUT2D eigenvalue weighted by Gasteiger charge is 2.42. The van der Waals surface area contributed by atoms with Gasteiger partial charge in [0.25, 0.3) is 0 Å². The van der Waals surface area contributed by atoms with Crippen LogP contribution >= 0.6 is 24.0 Å². The minimum Gasteiger partial charge on any atom is -0.493 e. The van der Waals surface area contributed by atoms with Crippen LogP contribution in [0, 0.1) is 18.3 Å². The number of hydrogen-bond acceptors (Lipinski definition) is 4. The van der Waals surface area contributed by atoms with Gasteiger partial charge in [-0.2, -0.15) is 0 Å². The molecule has 1 aromatic rings. The lowest BCUT2D eigenvalue weighted by atomic mass is 9.84. The Labute approximate surface area is 209 Å². The molecule has 1 atom stereocenters. The number of carbonyl (C=O) groups is 1. The van der Waals surface area contributed by atoms with Gasteiger partial charge in [-0.15, -0.1) is 24.0 Å². The van der Waals surface area contributed by atoms with Crippen molar-refractivity contribution in [1.29, 1.82) is 0 Å². The number of nitrogens with zero attached hydrogens (tertiary/aromatic N) is 2. The van der Waals surface area contributed by atoms with Crippen LogP contribution in [-0.2, 0) is 16.1 Å². The number of ether oxygens (including phenoxy) is 2. The second kappa shape index (κ2) is 12.6. The molecule has 7 nitrogen and oxygen atoms in total. The van der Waals surface area contributed by atoms with Gasteiger partial charge in [0.15, 0.2) is 5.96 Å². The lowest BCUT2D eigenvalue weighted by Crippen LogP contribution is -2.49. The number of guanidine groups is 1. The molecule has 2 fully saturated rings. The molecule has 0 spiro atoms. The summed E-state index contributed by atoms with van der Waals surface area (Å²) in [6.07, 6.45) is 5.11. The molecule has 32 heavy (non-hydrogen) atoms. The molecule has 1 heterocycles. The first-order valence-electron chi connectivity index (χ1n) is 11.4. The Balaban J connectivity index is 0.00000363. The monoisotopic (exact) mass is 558 g/mol. The number of benzene rings is 1. The minimum atomic E-state index is -0.331. The van der Waals surface area contributed by atoms with Crippen LogP contribution in [0.1, 0.15) is 43.2 Å². The van der Waals surface area contributed by atoms with Crippen LogP contribution in [0.3, 0.4) is 0 Å². The first-order valence-corrected chi connectivity index (χ1v) is 11.4. The van der Waals surface area contributed by atoms with E-state index in [-0.39, 0.29) is 35.3 Å². The van der Waals surface area contributed by atoms with Gasteiger partial charge in [0.2, 0.25) is 5.91 Å². The quantitative estimate of drug-likeness (QED) is 0.291. The van der Waals surface area contributed by atoms with E-state index in [2.05, 4.69) is 40.7 Å². The average Bonchev–Trinajstić information content (AvgIpc) is 3.45. The molecule has 8 heteroatoms. The lowest BCUT2D eigenvalue weighted by Gasteiger charge is -2.31. The fourth-order valence-electron chi connectivity index (χ4n) is 4.51. The van der Waals surface area contributed by atoms with E-state index in [4.69, 9.17) is 9.47 Å². The molecule has 180 valence electrons. The van der Waals surface area contributed by atoms with Crippen molar-refractivity contribution in [2.75, 3.05) is 47.5 Å². The average molecular weight is 559 g/mol. The fraction of sp³-hybridized carbons (Fsp3) is 0.667. The van der Waals surface area contributed by atoms with Gasteiger partial charge in [-0.3, -0.25) is 9.79 Å². The van der Waals surface area contributed by atoms with E-state index in [1.807, 2.05) is 14.1 Å². The molecule has 1 saturated heterocycles. The third-order valence-corrected chi connectivity index (χ3v) is 6.41. The molecule has 2 aliphatic rings. The van der Waals surface area contributed by atoms with Gasteiger partial charge in [0.05, 0.1) is 18.6 Å². The van der Waals surface area contributed by atoms with Crippen molar-refractivity contribution in [1.82, 2.24) is 15.5 Å². The number of hydrogen-bond donors (Lipinski definition) is 2. The lowest BCUT2D eigenvalue weighted by molar-refractivity contribution is -0.138. The second-order valence-electron chi connectivity index (χ2n) is 9.12. The van der Waals surface area contributed by atoms with Crippen molar-refractivity contribution >= 4 is 35.8 Å². The van der Waals surface area contributed by atoms with Gasteiger partial charge in [-0.25, -0.2) is 0 Å². The van der Waals surface area contributed by atoms with Crippen LogP contribution in [0.5, 0.6) is 5.75 Å². The van der Waals surface area contributed by atoms with Gasteiger partial charge < -0.3 is 25.0 Å². The van der Waals surface area contributed by atoms with Crippen molar-refractivity contribution in [2.45, 2.75) is 45.6 Å². The second-order valence-corrected chi connectivity index (χ2v) is 9.12. The maximum atomic E-state index is 12.8. The Morgan fingerprint density at radius 2 is 2.03 bits per heavy atom. The molecule has 1 amide bonds. The Morgan fingerprint density at radius 3 is 2.66 bits per heavy atom. The fourth-order valence-corrected chi connectivity index (χ4v) is 4.51. The van der Waals surface area contributed by atoms with Gasteiger partial charge >= 0.3 is 0 Å². The highest BCUT2D eigenvalue weighted by Crippen LogP contribution is 2.38. The third-order valence-electron chi connectivity index (χ3n) is 6.41. The minimum absolute atomic E-state index is 0. The third kappa shape index (κ3) is 6.97. The number of aliphatic imine (C=N–C) groups is 1. The highest BCUT2D eigenvalue weighted by molar-refractivity contribution is 14.0. The molecule has 2 N–H and O–H groups in total. The first-order chi connectivity index (χ1) is 14.9. The largest absolute Gasteiger partial charge is 0.493 e. The van der Waals surface area contributed by atoms with E-state index >= 15 is 0 Å². The van der Waals surface area contributed by atoms with Crippen LogP contribution in [0.15, 0.2) is 23.2 Å². The number of aryl methyl sites for hydroxylation is 1. The van der Waals surface area contributed by atoms with Crippen LogP contribution in [0.25, 0.3) is 0 Å². The summed E-state index contributed by atoms with van der Waals surface area (Å²) >= 11 is 0. The Morgan fingerprint density at radius 1 is 1.28 bits per heavy atom. The molecule has 0 aromatic heterocycles. The predicted octanol–water partition coefficient (Wildman–Crippen LogP) is 3.34. The summed E-state index contributed by atoms with van der Waals surface area (Å²) in [6.45, 7) is 5.57. The molecule has 1 aliphatic heterocycles. The van der Waals surface area contributed by atoms with Gasteiger partial charge in [0, 0.05) is 52.3 Å². The standard InChI is InChI=1S/C24H38N4O3.HI/c1-18-7-8-20(21(13-18)31-16-19-9-12-30-15-19)14-26-23(25-2)27-17-24(10-5-6-11-24)22(29)28(3)4;/h7-8,13,19H,5-6,9-12,14-17H2,1-4H3,(H2,25,26,27);1H. The summed E-state index contributed by atoms with van der Waals surface area (Å²) in [6, 6.07) is 6.29. The molecule has 1 aromatic carbocycles. The SMILES string of the molecule is CN=C(NCc1ccc(C)cc1OCC1CCOC1)NCC1(C(=O)N(C)C)CCCC1.I. The summed E-state index contributed by atoms with van der Waals surface area (Å²) in [7, 11) is 5.44. The molecule has 1 unspecified atom stereocenters. The molecule has 0 radical (unpaired) electrons. The van der Waals surface area contributed by atoms with Crippen molar-refractivity contribution in [3.05, 3.63) is 29.3 Å². The number of halogens is 1. The molecule has 1 saturated carbocycles. The van der Waals surface area contributed by atoms with E-state index in [0.717, 1.165) is 56.6 Å². The maximum Gasteiger partial charge on any atom is 0.230 e. The zero-order valence-corrected chi connectivity index (χ0v) is 22.2. The first kappa shape index (κ1) is 26.7. The number of rotatable bonds is 8. The van der Waals surface area contributed by atoms with Crippen LogP contribution in [0.4, 0.5) is 0 Å². The highest BCUT2D eigenvalue weighted by atomic mass is 127. The van der Waals surface area contributed by atoms with Crippen molar-refractivity contribution in [3.8, 4) is 5.75 Å². The zero-order chi connectivity index (χ0) is 22.3. The molecule has 1 aliphatic carbocycles. The van der Waals surface area contributed by atoms with Gasteiger partial charge in [-0.1, -0.05) is 25.0 Å². The smallest absolute Gasteiger partial charge is 0.230 e. The van der Waals surface area contributed by atoms with Gasteiger partial charge in [-0.05, 0) is 37.8 Å². The topological polar surface area (TPSA) is 75.2 Å². The van der Waals surface area contributed by atoms with Gasteiger partial charge in [0.1, 0.15) is 5.75 Å². The van der Waals surface area contributed by atoms with E-state index in [9.17, 15) is 4.79 Å².